The van der Waals surface area contributed by atoms with E-state index in [9.17, 15) is 4.79 Å². The number of ether oxygens (including phenoxy) is 2. The van der Waals surface area contributed by atoms with Crippen LogP contribution in [0.15, 0.2) is 43.2 Å². The monoisotopic (exact) mass is 178 g/mol. The Labute approximate surface area is 76.6 Å². The lowest BCUT2D eigenvalue weighted by atomic mass is 10.3. The Bertz CT molecular complexity index is 279. The van der Waals surface area contributed by atoms with Crippen molar-refractivity contribution in [1.29, 1.82) is 0 Å². The van der Waals surface area contributed by atoms with Crippen molar-refractivity contribution in [2.75, 3.05) is 6.61 Å². The second kappa shape index (κ2) is 4.98. The van der Waals surface area contributed by atoms with Gasteiger partial charge >= 0.3 is 5.97 Å². The largest absolute Gasteiger partial charge is 0.482 e. The number of carbonyl (C=O) groups excluding carboxylic acids is 1. The molecule has 0 unspecified atom stereocenters. The van der Waals surface area contributed by atoms with Crippen LogP contribution in [0.25, 0.3) is 0 Å². The number of hydrogen-bond acceptors (Lipinski definition) is 3. The van der Waals surface area contributed by atoms with Gasteiger partial charge in [-0.2, -0.15) is 0 Å². The van der Waals surface area contributed by atoms with Gasteiger partial charge in [0, 0.05) is 0 Å². The highest BCUT2D eigenvalue weighted by Gasteiger charge is 2.00. The average Bonchev–Trinajstić information content (AvgIpc) is 2.17. The van der Waals surface area contributed by atoms with Crippen LogP contribution >= 0.6 is 0 Å². The summed E-state index contributed by atoms with van der Waals surface area (Å²) in [5, 5.41) is 0. The zero-order valence-corrected chi connectivity index (χ0v) is 7.10. The van der Waals surface area contributed by atoms with Gasteiger partial charge in [0.25, 0.3) is 0 Å². The summed E-state index contributed by atoms with van der Waals surface area (Å²) >= 11 is 0. The fraction of sp³-hybridized carbons (Fsp3) is 0.100. The van der Waals surface area contributed by atoms with E-state index in [0.717, 1.165) is 6.26 Å². The third-order valence-corrected chi connectivity index (χ3v) is 1.31. The molecule has 0 atom stereocenters. The highest BCUT2D eigenvalue weighted by molar-refractivity contribution is 5.71. The van der Waals surface area contributed by atoms with E-state index in [-0.39, 0.29) is 6.61 Å². The maximum Gasteiger partial charge on any atom is 0.348 e. The van der Waals surface area contributed by atoms with Crippen molar-refractivity contribution in [2.45, 2.75) is 0 Å². The summed E-state index contributed by atoms with van der Waals surface area (Å²) in [6.07, 6.45) is 1.08. The zero-order valence-electron chi connectivity index (χ0n) is 7.10. The first-order chi connectivity index (χ1) is 6.33. The molecule has 3 heteroatoms. The van der Waals surface area contributed by atoms with Crippen molar-refractivity contribution >= 4 is 5.97 Å². The molecular formula is C10H10O3. The molecule has 0 bridgehead atoms. The van der Waals surface area contributed by atoms with E-state index < -0.39 is 5.97 Å². The summed E-state index contributed by atoms with van der Waals surface area (Å²) in [5.74, 6) is 0.183. The molecule has 0 aromatic heterocycles. The third kappa shape index (κ3) is 3.42. The van der Waals surface area contributed by atoms with Crippen molar-refractivity contribution in [3.8, 4) is 5.75 Å². The predicted octanol–water partition coefficient (Wildman–Crippen LogP) is 1.75. The van der Waals surface area contributed by atoms with Gasteiger partial charge in [-0.3, -0.25) is 0 Å². The maximum atomic E-state index is 10.8. The molecule has 0 aliphatic rings. The molecule has 0 N–H and O–H groups in total. The van der Waals surface area contributed by atoms with Crippen molar-refractivity contribution in [1.82, 2.24) is 0 Å². The highest BCUT2D eigenvalue weighted by atomic mass is 16.6. The van der Waals surface area contributed by atoms with E-state index in [1.54, 1.807) is 12.1 Å². The van der Waals surface area contributed by atoms with Crippen molar-refractivity contribution < 1.29 is 14.3 Å². The van der Waals surface area contributed by atoms with E-state index in [4.69, 9.17) is 4.74 Å². The molecule has 1 rings (SSSR count). The lowest BCUT2D eigenvalue weighted by molar-refractivity contribution is -0.140. The van der Waals surface area contributed by atoms with E-state index in [1.165, 1.54) is 0 Å². The Morgan fingerprint density at radius 1 is 1.38 bits per heavy atom. The van der Waals surface area contributed by atoms with Crippen LogP contribution in [0.4, 0.5) is 0 Å². The standard InChI is InChI=1S/C10H10O3/c1-2-12-10(11)8-13-9-6-4-3-5-7-9/h2-7H,1,8H2. The number of esters is 1. The van der Waals surface area contributed by atoms with Crippen molar-refractivity contribution in [2.24, 2.45) is 0 Å². The SMILES string of the molecule is C=COC(=O)COc1ccccc1. The minimum atomic E-state index is -0.459. The lowest BCUT2D eigenvalue weighted by Crippen LogP contribution is -2.11. The van der Waals surface area contributed by atoms with Crippen LogP contribution in [-0.4, -0.2) is 12.6 Å². The lowest BCUT2D eigenvalue weighted by Gasteiger charge is -2.03. The summed E-state index contributed by atoms with van der Waals surface area (Å²) in [4.78, 5) is 10.8. The molecule has 68 valence electrons. The molecule has 0 heterocycles. The van der Waals surface area contributed by atoms with Gasteiger partial charge < -0.3 is 9.47 Å². The molecule has 0 fully saturated rings. The molecule has 1 aromatic rings. The molecule has 3 nitrogen and oxygen atoms in total. The van der Waals surface area contributed by atoms with Gasteiger partial charge in [-0.1, -0.05) is 24.8 Å². The Kier molecular flexibility index (Phi) is 3.57. The summed E-state index contributed by atoms with van der Waals surface area (Å²) in [6.45, 7) is 3.16. The molecule has 0 aliphatic heterocycles. The Balaban J connectivity index is 2.35. The Morgan fingerprint density at radius 2 is 2.08 bits per heavy atom. The van der Waals surface area contributed by atoms with E-state index >= 15 is 0 Å². The molecule has 0 amide bonds. The quantitative estimate of drug-likeness (QED) is 0.520. The molecule has 1 aromatic carbocycles. The second-order valence-corrected chi connectivity index (χ2v) is 2.26. The van der Waals surface area contributed by atoms with Crippen LogP contribution in [0, 0.1) is 0 Å². The first-order valence-corrected chi connectivity index (χ1v) is 3.81. The smallest absolute Gasteiger partial charge is 0.348 e. The average molecular weight is 178 g/mol. The van der Waals surface area contributed by atoms with Gasteiger partial charge in [-0.05, 0) is 12.1 Å². The topological polar surface area (TPSA) is 35.5 Å². The Morgan fingerprint density at radius 3 is 2.69 bits per heavy atom. The zero-order chi connectivity index (χ0) is 9.52. The normalized spacial score (nSPS) is 8.92. The molecule has 0 saturated carbocycles. The van der Waals surface area contributed by atoms with Crippen molar-refractivity contribution in [3.05, 3.63) is 43.2 Å². The van der Waals surface area contributed by atoms with Gasteiger partial charge in [0.15, 0.2) is 6.61 Å². The van der Waals surface area contributed by atoms with E-state index in [0.29, 0.717) is 5.75 Å². The van der Waals surface area contributed by atoms with E-state index in [2.05, 4.69) is 11.3 Å². The van der Waals surface area contributed by atoms with Crippen molar-refractivity contribution in [3.63, 3.8) is 0 Å². The fourth-order valence-corrected chi connectivity index (χ4v) is 0.786. The summed E-state index contributed by atoms with van der Waals surface area (Å²) in [6, 6.07) is 9.06. The maximum absolute atomic E-state index is 10.8. The predicted molar refractivity (Wildman–Crippen MR) is 48.2 cm³/mol. The van der Waals surface area contributed by atoms with Gasteiger partial charge in [-0.15, -0.1) is 0 Å². The van der Waals surface area contributed by atoms with Crippen LogP contribution in [0.3, 0.4) is 0 Å². The van der Waals surface area contributed by atoms with Gasteiger partial charge in [-0.25, -0.2) is 4.79 Å². The first kappa shape index (κ1) is 9.32. The fourth-order valence-electron chi connectivity index (χ4n) is 0.786. The van der Waals surface area contributed by atoms with Crippen LogP contribution in [-0.2, 0) is 9.53 Å². The summed E-state index contributed by atoms with van der Waals surface area (Å²) < 4.78 is 9.56. The molecule has 0 spiro atoms. The number of hydrogen-bond donors (Lipinski definition) is 0. The van der Waals surface area contributed by atoms with Crippen LogP contribution < -0.4 is 4.74 Å². The van der Waals surface area contributed by atoms with Crippen LogP contribution in [0.2, 0.25) is 0 Å². The van der Waals surface area contributed by atoms with Crippen LogP contribution in [0.5, 0.6) is 5.75 Å². The second-order valence-electron chi connectivity index (χ2n) is 2.26. The summed E-state index contributed by atoms with van der Waals surface area (Å²) in [5.41, 5.74) is 0. The number of carbonyl (C=O) groups is 1. The molecule has 0 aliphatic carbocycles. The van der Waals surface area contributed by atoms with E-state index in [1.807, 2.05) is 18.2 Å². The molecule has 13 heavy (non-hydrogen) atoms. The van der Waals surface area contributed by atoms with Gasteiger partial charge in [0.05, 0.1) is 6.26 Å². The number of para-hydroxylation sites is 1. The molecule has 0 radical (unpaired) electrons. The highest BCUT2D eigenvalue weighted by Crippen LogP contribution is 2.07. The third-order valence-electron chi connectivity index (χ3n) is 1.31. The minimum absolute atomic E-state index is 0.101. The molecule has 0 saturated heterocycles. The summed E-state index contributed by atoms with van der Waals surface area (Å²) in [7, 11) is 0. The first-order valence-electron chi connectivity index (χ1n) is 3.81. The molecular weight excluding hydrogens is 168 g/mol. The number of benzene rings is 1. The van der Waals surface area contributed by atoms with Crippen LogP contribution in [0.1, 0.15) is 0 Å². The minimum Gasteiger partial charge on any atom is -0.482 e. The number of rotatable bonds is 4. The van der Waals surface area contributed by atoms with Gasteiger partial charge in [0.1, 0.15) is 5.75 Å². The Hall–Kier alpha value is -1.77. The van der Waals surface area contributed by atoms with Gasteiger partial charge in [0.2, 0.25) is 0 Å².